The van der Waals surface area contributed by atoms with E-state index in [9.17, 15) is 9.90 Å². The van der Waals surface area contributed by atoms with Crippen molar-refractivity contribution in [2.45, 2.75) is 83.3 Å². The number of hydrogen-bond donors (Lipinski definition) is 1. The van der Waals surface area contributed by atoms with Crippen molar-refractivity contribution in [1.82, 2.24) is 9.80 Å². The van der Waals surface area contributed by atoms with Crippen molar-refractivity contribution in [3.05, 3.63) is 58.7 Å². The molecule has 2 aromatic carbocycles. The molecule has 0 saturated carbocycles. The van der Waals surface area contributed by atoms with E-state index in [-0.39, 0.29) is 36.8 Å². The zero-order chi connectivity index (χ0) is 28.4. The minimum absolute atomic E-state index is 0. The quantitative estimate of drug-likeness (QED) is 0.540. The highest BCUT2D eigenvalue weighted by molar-refractivity contribution is 5.85. The van der Waals surface area contributed by atoms with Crippen LogP contribution in [0.4, 0.5) is 4.79 Å². The smallest absolute Gasteiger partial charge is 0.410 e. The van der Waals surface area contributed by atoms with E-state index in [1.54, 1.807) is 13.2 Å². The summed E-state index contributed by atoms with van der Waals surface area (Å²) < 4.78 is 22.9. The lowest BCUT2D eigenvalue weighted by Crippen LogP contribution is -2.57. The van der Waals surface area contributed by atoms with Gasteiger partial charge in [0, 0.05) is 37.5 Å². The van der Waals surface area contributed by atoms with E-state index in [1.807, 2.05) is 43.9 Å². The second-order valence-electron chi connectivity index (χ2n) is 12.1. The Morgan fingerprint density at radius 1 is 0.927 bits per heavy atom. The van der Waals surface area contributed by atoms with Gasteiger partial charge < -0.3 is 24.1 Å². The lowest BCUT2D eigenvalue weighted by Gasteiger charge is -2.44. The molecule has 4 atom stereocenters. The summed E-state index contributed by atoms with van der Waals surface area (Å²) in [6, 6.07) is 12.5. The van der Waals surface area contributed by atoms with Crippen LogP contribution >= 0.6 is 12.4 Å². The molecule has 2 fully saturated rings. The Hall–Kier alpha value is -2.52. The van der Waals surface area contributed by atoms with Gasteiger partial charge in [0.25, 0.3) is 0 Å². The number of likely N-dealkylation sites (N-methyl/N-ethyl adjacent to an activating group) is 1. The topological polar surface area (TPSA) is 80.7 Å². The molecule has 6 rings (SSSR count). The molecule has 0 bridgehead atoms. The summed E-state index contributed by atoms with van der Waals surface area (Å²) in [6.45, 7) is 11.9. The number of fused-ring (bicyclic) bond motifs is 4. The summed E-state index contributed by atoms with van der Waals surface area (Å²) >= 11 is 0. The number of phenols is 1. The second kappa shape index (κ2) is 13.2. The maximum Gasteiger partial charge on any atom is 0.410 e. The lowest BCUT2D eigenvalue weighted by atomic mass is 9.84. The van der Waals surface area contributed by atoms with Crippen LogP contribution in [0.5, 0.6) is 11.5 Å². The van der Waals surface area contributed by atoms with Crippen LogP contribution in [0.2, 0.25) is 0 Å². The second-order valence-corrected chi connectivity index (χ2v) is 12.1. The summed E-state index contributed by atoms with van der Waals surface area (Å²) in [5.74, 6) is 1.33. The first kappa shape index (κ1) is 31.4. The molecular formula is C32H45ClN2O6. The van der Waals surface area contributed by atoms with Crippen LogP contribution in [0.25, 0.3) is 0 Å². The molecule has 1 amide bonds. The molecule has 0 aromatic heterocycles. The molecule has 0 spiro atoms. The number of methoxy groups -OCH3 is 1. The first-order chi connectivity index (χ1) is 19.2. The summed E-state index contributed by atoms with van der Waals surface area (Å²) in [7, 11) is 1.69. The first-order valence-electron chi connectivity index (χ1n) is 14.6. The maximum absolute atomic E-state index is 12.5. The van der Waals surface area contributed by atoms with Crippen molar-refractivity contribution in [3.8, 4) is 11.5 Å². The third-order valence-corrected chi connectivity index (χ3v) is 8.50. The van der Waals surface area contributed by atoms with E-state index in [0.29, 0.717) is 24.9 Å². The molecule has 0 unspecified atom stereocenters. The van der Waals surface area contributed by atoms with Gasteiger partial charge in [0.15, 0.2) is 0 Å². The van der Waals surface area contributed by atoms with Gasteiger partial charge in [0.1, 0.15) is 17.1 Å². The number of carbonyl (C=O) groups excluding carboxylic acids is 1. The van der Waals surface area contributed by atoms with Gasteiger partial charge in [-0.25, -0.2) is 4.79 Å². The molecule has 41 heavy (non-hydrogen) atoms. The predicted octanol–water partition coefficient (Wildman–Crippen LogP) is 4.80. The predicted molar refractivity (Wildman–Crippen MR) is 160 cm³/mol. The number of carbonyl (C=O) groups is 1. The van der Waals surface area contributed by atoms with Gasteiger partial charge in [-0.15, -0.1) is 12.4 Å². The van der Waals surface area contributed by atoms with E-state index < -0.39 is 5.60 Å². The van der Waals surface area contributed by atoms with Crippen molar-refractivity contribution in [1.29, 1.82) is 0 Å². The van der Waals surface area contributed by atoms with E-state index in [0.717, 1.165) is 56.7 Å². The van der Waals surface area contributed by atoms with E-state index in [2.05, 4.69) is 24.0 Å². The highest BCUT2D eigenvalue weighted by atomic mass is 35.5. The molecule has 8 nitrogen and oxygen atoms in total. The van der Waals surface area contributed by atoms with Crippen LogP contribution in [0.15, 0.2) is 36.4 Å². The number of nitrogens with zero attached hydrogens (tertiary/aromatic N) is 2. The van der Waals surface area contributed by atoms with E-state index in [4.69, 9.17) is 18.9 Å². The Morgan fingerprint density at radius 2 is 1.54 bits per heavy atom. The molecule has 1 N–H and O–H groups in total. The van der Waals surface area contributed by atoms with Crippen LogP contribution in [0.1, 0.15) is 49.9 Å². The van der Waals surface area contributed by atoms with Gasteiger partial charge in [-0.05, 0) is 69.0 Å². The molecule has 9 heteroatoms. The number of amides is 1. The first-order valence-corrected chi connectivity index (χ1v) is 14.6. The third-order valence-electron chi connectivity index (χ3n) is 8.50. The highest BCUT2D eigenvalue weighted by Gasteiger charge is 2.41. The molecular weight excluding hydrogens is 544 g/mol. The maximum atomic E-state index is 12.5. The Morgan fingerprint density at radius 3 is 2.22 bits per heavy atom. The van der Waals surface area contributed by atoms with Crippen LogP contribution in [-0.2, 0) is 39.9 Å². The fraction of sp³-hybridized carbons (Fsp3) is 0.594. The van der Waals surface area contributed by atoms with Gasteiger partial charge in [0.05, 0.1) is 38.6 Å². The molecule has 0 radical (unpaired) electrons. The number of rotatable bonds is 2. The molecule has 2 aliphatic carbocycles. The minimum atomic E-state index is -0.485. The fourth-order valence-electron chi connectivity index (χ4n) is 6.57. The lowest BCUT2D eigenvalue weighted by molar-refractivity contribution is -0.0783. The Balaban J connectivity index is 0.000000192. The number of ether oxygens (including phenoxy) is 4. The largest absolute Gasteiger partial charge is 0.508 e. The minimum Gasteiger partial charge on any atom is -0.508 e. The van der Waals surface area contributed by atoms with Crippen molar-refractivity contribution < 1.29 is 28.8 Å². The Bertz CT molecular complexity index is 1200. The van der Waals surface area contributed by atoms with Crippen LogP contribution in [0.3, 0.4) is 0 Å². The van der Waals surface area contributed by atoms with Crippen molar-refractivity contribution in [3.63, 3.8) is 0 Å². The number of halogens is 1. The van der Waals surface area contributed by atoms with Gasteiger partial charge in [-0.2, -0.15) is 0 Å². The highest BCUT2D eigenvalue weighted by Crippen LogP contribution is 2.35. The van der Waals surface area contributed by atoms with Gasteiger partial charge in [-0.3, -0.25) is 9.80 Å². The zero-order valence-electron chi connectivity index (χ0n) is 24.9. The van der Waals surface area contributed by atoms with Crippen LogP contribution < -0.4 is 4.74 Å². The van der Waals surface area contributed by atoms with Crippen LogP contribution in [0, 0.1) is 0 Å². The SMILES string of the molecule is CCN1CCO[C@@H]2Cc3c(O)cccc3C[C@H]21.COc1cccc2c1C[C@H]1OCCN(C(=O)OC(C)(C)C)[C@@H]1C2.Cl. The molecule has 4 aliphatic rings. The standard InChI is InChI=1S/C18H25NO4.C14H19NO2.ClH/c1-18(2,3)23-17(20)19-8-9-22-16-11-13-12(10-14(16)19)6-5-7-15(13)21-4;1-2-15-6-7-17-14-9-11-10(8-12(14)15)4-3-5-13(11)16;/h5-7,14,16H,8-11H2,1-4H3;3-5,12,14,16H,2,6-9H2,1H3;1H/t14-,16-;12-,14-;/m11./s1. The summed E-state index contributed by atoms with van der Waals surface area (Å²) in [5, 5.41) is 9.90. The number of phenolic OH excluding ortho intramolecular Hbond substituents is 1. The van der Waals surface area contributed by atoms with Crippen molar-refractivity contribution in [2.24, 2.45) is 0 Å². The van der Waals surface area contributed by atoms with E-state index >= 15 is 0 Å². The molecule has 2 saturated heterocycles. The fourth-order valence-corrected chi connectivity index (χ4v) is 6.57. The monoisotopic (exact) mass is 588 g/mol. The summed E-state index contributed by atoms with van der Waals surface area (Å²) in [6.07, 6.45) is 3.40. The van der Waals surface area contributed by atoms with Crippen molar-refractivity contribution >= 4 is 18.5 Å². The number of morpholine rings is 2. The van der Waals surface area contributed by atoms with Crippen molar-refractivity contribution in [2.75, 3.05) is 40.0 Å². The number of benzene rings is 2. The van der Waals surface area contributed by atoms with Crippen LogP contribution in [-0.4, -0.2) is 90.9 Å². The molecule has 2 heterocycles. The zero-order valence-corrected chi connectivity index (χ0v) is 25.7. The summed E-state index contributed by atoms with van der Waals surface area (Å²) in [4.78, 5) is 16.9. The Labute approximate surface area is 250 Å². The summed E-state index contributed by atoms with van der Waals surface area (Å²) in [5.41, 5.74) is 4.31. The molecule has 2 aliphatic heterocycles. The van der Waals surface area contributed by atoms with Gasteiger partial charge in [0.2, 0.25) is 0 Å². The number of hydrogen-bond acceptors (Lipinski definition) is 7. The van der Waals surface area contributed by atoms with Gasteiger partial charge >= 0.3 is 6.09 Å². The number of aromatic hydroxyl groups is 1. The average molecular weight is 589 g/mol. The normalized spacial score (nSPS) is 25.1. The van der Waals surface area contributed by atoms with Gasteiger partial charge in [-0.1, -0.05) is 31.2 Å². The average Bonchev–Trinajstić information content (AvgIpc) is 2.94. The molecule has 226 valence electrons. The molecule has 2 aromatic rings. The van der Waals surface area contributed by atoms with E-state index in [1.165, 1.54) is 16.7 Å². The Kier molecular flexibility index (Phi) is 10.1. The third kappa shape index (κ3) is 6.94.